The molecular weight excluding hydrogens is 446 g/mol. The molecule has 2 heterocycles. The van der Waals surface area contributed by atoms with Crippen molar-refractivity contribution in [1.29, 1.82) is 5.41 Å². The van der Waals surface area contributed by atoms with Crippen LogP contribution in [0.5, 0.6) is 11.5 Å². The zero-order valence-electron chi connectivity index (χ0n) is 20.1. The fourth-order valence-corrected chi connectivity index (χ4v) is 4.03. The number of carbonyl (C=O) groups excluding carboxylic acids is 1. The standard InChI is InChI=1S/C27H33N3O5/c1-2-3-12-32-26(31)17-33-25-15-22(34-23-10-11-30-16-23)8-5-18(25)4-7-21-14-20-13-19(27(28)29)6-9-24(20)35-21/h5-6,8-9,13-15,23,30H,2-4,7,10-12,16-17H2,1H3,(H3,28,29)/t23-/m0/s1. The topological polar surface area (TPSA) is 120 Å². The van der Waals surface area contributed by atoms with Gasteiger partial charge in [0, 0.05) is 30.0 Å². The number of benzene rings is 2. The molecule has 8 heteroatoms. The molecule has 8 nitrogen and oxygen atoms in total. The van der Waals surface area contributed by atoms with E-state index in [1.165, 1.54) is 0 Å². The number of rotatable bonds is 12. The molecule has 2 aromatic carbocycles. The summed E-state index contributed by atoms with van der Waals surface area (Å²) in [5, 5.41) is 11.8. The molecule has 1 fully saturated rings. The zero-order valence-corrected chi connectivity index (χ0v) is 20.1. The van der Waals surface area contributed by atoms with Gasteiger partial charge in [-0.1, -0.05) is 19.4 Å². The normalized spacial score (nSPS) is 15.3. The first-order valence-corrected chi connectivity index (χ1v) is 12.2. The summed E-state index contributed by atoms with van der Waals surface area (Å²) in [6, 6.07) is 13.2. The van der Waals surface area contributed by atoms with Crippen LogP contribution in [-0.4, -0.2) is 44.2 Å². The third kappa shape index (κ3) is 6.76. The number of furan rings is 1. The molecule has 35 heavy (non-hydrogen) atoms. The summed E-state index contributed by atoms with van der Waals surface area (Å²) in [7, 11) is 0. The van der Waals surface area contributed by atoms with Crippen molar-refractivity contribution in [2.24, 2.45) is 5.73 Å². The van der Waals surface area contributed by atoms with Crippen LogP contribution in [0.15, 0.2) is 46.9 Å². The average molecular weight is 480 g/mol. The van der Waals surface area contributed by atoms with Gasteiger partial charge in [-0.15, -0.1) is 0 Å². The molecule has 4 N–H and O–H groups in total. The number of amidine groups is 1. The molecule has 0 radical (unpaired) electrons. The number of hydrogen-bond donors (Lipinski definition) is 3. The number of hydrogen-bond acceptors (Lipinski definition) is 7. The minimum Gasteiger partial charge on any atom is -0.489 e. The summed E-state index contributed by atoms with van der Waals surface area (Å²) in [6.45, 7) is 4.07. The summed E-state index contributed by atoms with van der Waals surface area (Å²) in [5.74, 6) is 1.80. The number of nitrogen functional groups attached to an aromatic ring is 1. The van der Waals surface area contributed by atoms with Crippen molar-refractivity contribution in [2.45, 2.75) is 45.1 Å². The number of fused-ring (bicyclic) bond motifs is 1. The van der Waals surface area contributed by atoms with Crippen LogP contribution in [-0.2, 0) is 22.4 Å². The Morgan fingerprint density at radius 2 is 2.09 bits per heavy atom. The zero-order chi connectivity index (χ0) is 24.6. The van der Waals surface area contributed by atoms with Gasteiger partial charge in [0.25, 0.3) is 0 Å². The van der Waals surface area contributed by atoms with E-state index >= 15 is 0 Å². The summed E-state index contributed by atoms with van der Waals surface area (Å²) in [5.41, 5.74) is 7.98. The predicted molar refractivity (Wildman–Crippen MR) is 134 cm³/mol. The Labute approximate surface area is 205 Å². The smallest absolute Gasteiger partial charge is 0.344 e. The van der Waals surface area contributed by atoms with E-state index in [1.807, 2.05) is 43.3 Å². The quantitative estimate of drug-likeness (QED) is 0.156. The molecule has 0 bridgehead atoms. The second kappa shape index (κ2) is 11.8. The van der Waals surface area contributed by atoms with E-state index < -0.39 is 0 Å². The molecule has 1 aromatic heterocycles. The number of aryl methyl sites for hydroxylation is 2. The average Bonchev–Trinajstić information content (AvgIpc) is 3.51. The molecule has 1 aliphatic heterocycles. The van der Waals surface area contributed by atoms with Crippen LogP contribution in [0, 0.1) is 5.41 Å². The molecule has 0 aliphatic carbocycles. The molecule has 1 aliphatic rings. The van der Waals surface area contributed by atoms with Gasteiger partial charge in [0.05, 0.1) is 6.61 Å². The third-order valence-electron chi connectivity index (χ3n) is 5.98. The van der Waals surface area contributed by atoms with Crippen LogP contribution >= 0.6 is 0 Å². The van der Waals surface area contributed by atoms with Crippen molar-refractivity contribution in [3.8, 4) is 11.5 Å². The molecule has 0 spiro atoms. The van der Waals surface area contributed by atoms with Crippen LogP contribution in [0.1, 0.15) is 43.1 Å². The number of carbonyl (C=O) groups is 1. The van der Waals surface area contributed by atoms with E-state index in [4.69, 9.17) is 29.8 Å². The van der Waals surface area contributed by atoms with Crippen molar-refractivity contribution in [3.63, 3.8) is 0 Å². The molecule has 4 rings (SSSR count). The third-order valence-corrected chi connectivity index (χ3v) is 5.98. The molecule has 1 atom stereocenters. The van der Waals surface area contributed by atoms with Gasteiger partial charge < -0.3 is 29.7 Å². The Hall–Kier alpha value is -3.52. The van der Waals surface area contributed by atoms with Crippen molar-refractivity contribution < 1.29 is 23.4 Å². The second-order valence-corrected chi connectivity index (χ2v) is 8.74. The maximum atomic E-state index is 12.1. The molecular formula is C27H33N3O5. The Morgan fingerprint density at radius 3 is 2.86 bits per heavy atom. The van der Waals surface area contributed by atoms with Crippen LogP contribution in [0.25, 0.3) is 11.0 Å². The maximum Gasteiger partial charge on any atom is 0.344 e. The summed E-state index contributed by atoms with van der Waals surface area (Å²) in [6.07, 6.45) is 4.19. The second-order valence-electron chi connectivity index (χ2n) is 8.74. The van der Waals surface area contributed by atoms with E-state index in [0.717, 1.165) is 60.4 Å². The fourth-order valence-electron chi connectivity index (χ4n) is 4.03. The highest BCUT2D eigenvalue weighted by molar-refractivity contribution is 5.98. The van der Waals surface area contributed by atoms with Crippen LogP contribution in [0.2, 0.25) is 0 Å². The summed E-state index contributed by atoms with van der Waals surface area (Å²) < 4.78 is 23.2. The molecule has 1 saturated heterocycles. The van der Waals surface area contributed by atoms with Crippen molar-refractivity contribution in [3.05, 3.63) is 59.4 Å². The number of unbranched alkanes of at least 4 members (excludes halogenated alkanes) is 1. The minimum atomic E-state index is -0.380. The van der Waals surface area contributed by atoms with Gasteiger partial charge in [0.15, 0.2) is 6.61 Å². The molecule has 3 aromatic rings. The molecule has 0 saturated carbocycles. The van der Waals surface area contributed by atoms with E-state index in [9.17, 15) is 4.79 Å². The van der Waals surface area contributed by atoms with Gasteiger partial charge in [0.1, 0.15) is 34.8 Å². The Kier molecular flexibility index (Phi) is 8.26. The van der Waals surface area contributed by atoms with Gasteiger partial charge >= 0.3 is 5.97 Å². The SMILES string of the molecule is CCCCOC(=O)COc1cc(O[C@H]2CCNC2)ccc1CCc1cc2cc(C(=N)N)ccc2o1. The van der Waals surface area contributed by atoms with E-state index in [0.29, 0.717) is 30.8 Å². The van der Waals surface area contributed by atoms with E-state index in [2.05, 4.69) is 5.32 Å². The number of nitrogens with two attached hydrogens (primary N) is 1. The largest absolute Gasteiger partial charge is 0.489 e. The first-order chi connectivity index (χ1) is 17.0. The van der Waals surface area contributed by atoms with Crippen LogP contribution in [0.4, 0.5) is 0 Å². The maximum absolute atomic E-state index is 12.1. The lowest BCUT2D eigenvalue weighted by atomic mass is 10.1. The minimum absolute atomic E-state index is 0.0281. The van der Waals surface area contributed by atoms with Gasteiger partial charge in [0.2, 0.25) is 0 Å². The lowest BCUT2D eigenvalue weighted by Gasteiger charge is -2.16. The lowest BCUT2D eigenvalue weighted by molar-refractivity contribution is -0.146. The van der Waals surface area contributed by atoms with Gasteiger partial charge in [-0.2, -0.15) is 0 Å². The van der Waals surface area contributed by atoms with Gasteiger partial charge in [-0.3, -0.25) is 5.41 Å². The molecule has 0 unspecified atom stereocenters. The van der Waals surface area contributed by atoms with Crippen LogP contribution in [0.3, 0.4) is 0 Å². The number of esters is 1. The fraction of sp³-hybridized carbons (Fsp3) is 0.407. The lowest BCUT2D eigenvalue weighted by Crippen LogP contribution is -2.20. The Bertz CT molecular complexity index is 1170. The number of nitrogens with one attached hydrogen (secondary N) is 2. The van der Waals surface area contributed by atoms with E-state index in [1.54, 1.807) is 6.07 Å². The van der Waals surface area contributed by atoms with Crippen molar-refractivity contribution in [1.82, 2.24) is 5.32 Å². The predicted octanol–water partition coefficient (Wildman–Crippen LogP) is 3.96. The summed E-state index contributed by atoms with van der Waals surface area (Å²) in [4.78, 5) is 12.1. The Balaban J connectivity index is 1.45. The first-order valence-electron chi connectivity index (χ1n) is 12.2. The first kappa shape index (κ1) is 24.6. The molecule has 186 valence electrons. The highest BCUT2D eigenvalue weighted by atomic mass is 16.6. The highest BCUT2D eigenvalue weighted by Crippen LogP contribution is 2.29. The van der Waals surface area contributed by atoms with Gasteiger partial charge in [-0.25, -0.2) is 4.79 Å². The van der Waals surface area contributed by atoms with Crippen molar-refractivity contribution in [2.75, 3.05) is 26.3 Å². The molecule has 0 amide bonds. The monoisotopic (exact) mass is 479 g/mol. The van der Waals surface area contributed by atoms with Crippen molar-refractivity contribution >= 4 is 22.8 Å². The Morgan fingerprint density at radius 1 is 1.20 bits per heavy atom. The number of ether oxygens (including phenoxy) is 3. The van der Waals surface area contributed by atoms with Gasteiger partial charge in [-0.05, 0) is 61.7 Å². The highest BCUT2D eigenvalue weighted by Gasteiger charge is 2.18. The summed E-state index contributed by atoms with van der Waals surface area (Å²) >= 11 is 0. The van der Waals surface area contributed by atoms with E-state index in [-0.39, 0.29) is 24.5 Å². The van der Waals surface area contributed by atoms with Crippen LogP contribution < -0.4 is 20.5 Å².